The molecule has 1 saturated heterocycles. The minimum Gasteiger partial charge on any atom is -0.503 e. The second-order valence-electron chi connectivity index (χ2n) is 7.78. The van der Waals surface area contributed by atoms with Crippen molar-refractivity contribution in [3.05, 3.63) is 77.4 Å². The van der Waals surface area contributed by atoms with E-state index in [1.165, 1.54) is 12.0 Å². The van der Waals surface area contributed by atoms with Crippen LogP contribution in [0, 0.1) is 11.3 Å². The van der Waals surface area contributed by atoms with E-state index < -0.39 is 17.3 Å². The highest BCUT2D eigenvalue weighted by Gasteiger charge is 2.62. The van der Waals surface area contributed by atoms with Crippen LogP contribution in [0.1, 0.15) is 24.8 Å². The van der Waals surface area contributed by atoms with Crippen molar-refractivity contribution in [2.24, 2.45) is 11.3 Å². The minimum atomic E-state index is -1.03. The van der Waals surface area contributed by atoms with Crippen molar-refractivity contribution in [3.8, 4) is 11.5 Å². The second kappa shape index (κ2) is 7.33. The van der Waals surface area contributed by atoms with Gasteiger partial charge in [-0.2, -0.15) is 0 Å². The predicted molar refractivity (Wildman–Crippen MR) is 116 cm³/mol. The molecule has 30 heavy (non-hydrogen) atoms. The third-order valence-electron chi connectivity index (χ3n) is 6.28. The van der Waals surface area contributed by atoms with Crippen molar-refractivity contribution in [2.75, 3.05) is 12.0 Å². The lowest BCUT2D eigenvalue weighted by Gasteiger charge is -2.40. The Bertz CT molecular complexity index is 1080. The summed E-state index contributed by atoms with van der Waals surface area (Å²) < 4.78 is 5.27. The SMILES string of the molecule is C=CC1=CC[C@H]2C(=O)N(c3ccccc3)C(=O)[C@@]2(C)[C@H]1c1cc(Cl)c(O)c(OC)c1. The van der Waals surface area contributed by atoms with Crippen molar-refractivity contribution in [1.82, 2.24) is 0 Å². The lowest BCUT2D eigenvalue weighted by atomic mass is 9.60. The third kappa shape index (κ3) is 2.76. The standard InChI is InChI=1S/C24H22ClNO4/c1-4-14-10-11-17-22(28)26(16-8-6-5-7-9-16)23(29)24(17,2)20(14)15-12-18(25)21(27)19(13-15)30-3/h4-10,12-13,17,20,27H,1,11H2,2-3H3/t17-,20+,24+/m0/s1. The number of rotatable bonds is 4. The fourth-order valence-electron chi connectivity index (χ4n) is 4.77. The number of hydrogen-bond donors (Lipinski definition) is 1. The molecule has 2 aromatic rings. The van der Waals surface area contributed by atoms with Crippen molar-refractivity contribution in [3.63, 3.8) is 0 Å². The highest BCUT2D eigenvalue weighted by Crippen LogP contribution is 2.57. The number of nitrogens with zero attached hydrogens (tertiary/aromatic N) is 1. The Kier molecular flexibility index (Phi) is 4.94. The first-order chi connectivity index (χ1) is 14.3. The minimum absolute atomic E-state index is 0.121. The van der Waals surface area contributed by atoms with E-state index in [1.807, 2.05) is 19.1 Å². The molecule has 3 atom stereocenters. The Morgan fingerprint density at radius 2 is 1.97 bits per heavy atom. The number of fused-ring (bicyclic) bond motifs is 1. The van der Waals surface area contributed by atoms with E-state index >= 15 is 0 Å². The molecule has 1 fully saturated rings. The van der Waals surface area contributed by atoms with Gasteiger partial charge in [0.25, 0.3) is 0 Å². The molecule has 2 aromatic carbocycles. The van der Waals surface area contributed by atoms with Crippen LogP contribution >= 0.6 is 11.6 Å². The number of hydrogen-bond acceptors (Lipinski definition) is 4. The van der Waals surface area contributed by atoms with Gasteiger partial charge in [-0.1, -0.05) is 48.5 Å². The Hall–Kier alpha value is -3.05. The molecule has 2 amide bonds. The Labute approximate surface area is 180 Å². The van der Waals surface area contributed by atoms with Crippen molar-refractivity contribution >= 4 is 29.1 Å². The molecule has 1 aliphatic carbocycles. The zero-order chi connectivity index (χ0) is 21.6. The van der Waals surface area contributed by atoms with Gasteiger partial charge in [0.15, 0.2) is 11.5 Å². The number of carbonyl (C=O) groups is 2. The highest BCUT2D eigenvalue weighted by atomic mass is 35.5. The van der Waals surface area contributed by atoms with Gasteiger partial charge in [0.1, 0.15) is 0 Å². The van der Waals surface area contributed by atoms with Gasteiger partial charge in [0, 0.05) is 5.92 Å². The molecule has 6 heteroatoms. The van der Waals surface area contributed by atoms with Crippen molar-refractivity contribution in [1.29, 1.82) is 0 Å². The van der Waals surface area contributed by atoms with Crippen molar-refractivity contribution < 1.29 is 19.4 Å². The average molecular weight is 424 g/mol. The summed E-state index contributed by atoms with van der Waals surface area (Å²) in [6, 6.07) is 12.2. The summed E-state index contributed by atoms with van der Waals surface area (Å²) in [6.45, 7) is 5.75. The molecule has 0 aromatic heterocycles. The molecular weight excluding hydrogens is 402 g/mol. The molecule has 4 rings (SSSR count). The van der Waals surface area contributed by atoms with Gasteiger partial charge in [-0.05, 0) is 48.7 Å². The molecule has 154 valence electrons. The van der Waals surface area contributed by atoms with E-state index in [9.17, 15) is 14.7 Å². The number of allylic oxidation sites excluding steroid dienone is 3. The molecular formula is C24H22ClNO4. The van der Waals surface area contributed by atoms with Gasteiger partial charge >= 0.3 is 0 Å². The van der Waals surface area contributed by atoms with Crippen LogP contribution in [0.3, 0.4) is 0 Å². The van der Waals surface area contributed by atoms with E-state index in [-0.39, 0.29) is 28.3 Å². The number of halogens is 1. The molecule has 5 nitrogen and oxygen atoms in total. The zero-order valence-electron chi connectivity index (χ0n) is 16.8. The second-order valence-corrected chi connectivity index (χ2v) is 8.19. The number of phenols is 1. The Morgan fingerprint density at radius 1 is 1.27 bits per heavy atom. The number of anilines is 1. The van der Waals surface area contributed by atoms with Crippen LogP contribution in [0.25, 0.3) is 0 Å². The number of amides is 2. The highest BCUT2D eigenvalue weighted by molar-refractivity contribution is 6.32. The third-order valence-corrected chi connectivity index (χ3v) is 6.57. The molecule has 1 N–H and O–H groups in total. The fourth-order valence-corrected chi connectivity index (χ4v) is 4.99. The van der Waals surface area contributed by atoms with E-state index in [1.54, 1.807) is 42.5 Å². The lowest BCUT2D eigenvalue weighted by Crippen LogP contribution is -2.41. The molecule has 1 aliphatic heterocycles. The van der Waals surface area contributed by atoms with Gasteiger partial charge < -0.3 is 9.84 Å². The van der Waals surface area contributed by atoms with Crippen LogP contribution in [0.2, 0.25) is 5.02 Å². The summed E-state index contributed by atoms with van der Waals surface area (Å²) in [7, 11) is 1.44. The number of aromatic hydroxyl groups is 1. The van der Waals surface area contributed by atoms with Crippen molar-refractivity contribution in [2.45, 2.75) is 19.3 Å². The lowest BCUT2D eigenvalue weighted by molar-refractivity contribution is -0.127. The van der Waals surface area contributed by atoms with E-state index in [4.69, 9.17) is 16.3 Å². The number of imide groups is 1. The quantitative estimate of drug-likeness (QED) is 0.714. The van der Waals surface area contributed by atoms with Crippen LogP contribution in [-0.4, -0.2) is 24.0 Å². The van der Waals surface area contributed by atoms with Gasteiger partial charge in [-0.15, -0.1) is 0 Å². The summed E-state index contributed by atoms with van der Waals surface area (Å²) in [5.74, 6) is -1.41. The van der Waals surface area contributed by atoms with Gasteiger partial charge in [0.05, 0.1) is 29.2 Å². The summed E-state index contributed by atoms with van der Waals surface area (Å²) in [5.41, 5.74) is 1.05. The number of para-hydroxylation sites is 1. The van der Waals surface area contributed by atoms with E-state index in [0.29, 0.717) is 17.7 Å². The summed E-state index contributed by atoms with van der Waals surface area (Å²) in [4.78, 5) is 28.4. The first-order valence-corrected chi connectivity index (χ1v) is 10.0. The molecule has 0 unspecified atom stereocenters. The molecule has 2 aliphatic rings. The maximum absolute atomic E-state index is 13.8. The average Bonchev–Trinajstić information content (AvgIpc) is 2.95. The van der Waals surface area contributed by atoms with Crippen LogP contribution in [0.15, 0.2) is 66.8 Å². The molecule has 0 saturated carbocycles. The Morgan fingerprint density at radius 3 is 2.60 bits per heavy atom. The number of ether oxygens (including phenoxy) is 1. The molecule has 0 bridgehead atoms. The van der Waals surface area contributed by atoms with E-state index in [0.717, 1.165) is 5.57 Å². The first kappa shape index (κ1) is 20.2. The summed E-state index contributed by atoms with van der Waals surface area (Å²) in [6.07, 6.45) is 4.12. The fraction of sp³-hybridized carbons (Fsp3) is 0.250. The molecule has 0 spiro atoms. The van der Waals surface area contributed by atoms with Gasteiger partial charge in [0.2, 0.25) is 11.8 Å². The summed E-state index contributed by atoms with van der Waals surface area (Å²) >= 11 is 6.25. The van der Waals surface area contributed by atoms with Gasteiger partial charge in [-0.3, -0.25) is 9.59 Å². The summed E-state index contributed by atoms with van der Waals surface area (Å²) in [5, 5.41) is 10.3. The van der Waals surface area contributed by atoms with Crippen LogP contribution in [-0.2, 0) is 9.59 Å². The molecule has 1 heterocycles. The Balaban J connectivity index is 1.90. The topological polar surface area (TPSA) is 66.8 Å². The number of methoxy groups -OCH3 is 1. The maximum atomic E-state index is 13.8. The number of phenolic OH excluding ortho intramolecular Hbond substituents is 1. The van der Waals surface area contributed by atoms with E-state index in [2.05, 4.69) is 6.58 Å². The normalized spacial score (nSPS) is 25.7. The largest absolute Gasteiger partial charge is 0.503 e. The zero-order valence-corrected chi connectivity index (χ0v) is 17.5. The predicted octanol–water partition coefficient (Wildman–Crippen LogP) is 4.85. The van der Waals surface area contributed by atoms with Crippen LogP contribution in [0.4, 0.5) is 5.69 Å². The van der Waals surface area contributed by atoms with Gasteiger partial charge in [-0.25, -0.2) is 4.90 Å². The number of benzene rings is 2. The maximum Gasteiger partial charge on any atom is 0.241 e. The number of carbonyl (C=O) groups excluding carboxylic acids is 2. The van der Waals surface area contributed by atoms with Crippen LogP contribution in [0.5, 0.6) is 11.5 Å². The monoisotopic (exact) mass is 423 g/mol. The first-order valence-electron chi connectivity index (χ1n) is 9.66. The molecule has 0 radical (unpaired) electrons. The van der Waals surface area contributed by atoms with Crippen LogP contribution < -0.4 is 9.64 Å². The smallest absolute Gasteiger partial charge is 0.241 e.